The summed E-state index contributed by atoms with van der Waals surface area (Å²) < 4.78 is 37.9. The summed E-state index contributed by atoms with van der Waals surface area (Å²) in [5, 5.41) is 14.0. The van der Waals surface area contributed by atoms with E-state index in [1.807, 2.05) is 0 Å². The summed E-state index contributed by atoms with van der Waals surface area (Å²) in [6.07, 6.45) is 5.89. The highest BCUT2D eigenvalue weighted by Gasteiger charge is 2.22. The molecule has 0 radical (unpaired) electrons. The number of esters is 1. The minimum atomic E-state index is -3.10. The fraction of sp³-hybridized carbons (Fsp3) is 0.0952. The third-order valence-corrected chi connectivity index (χ3v) is 5.98. The molecule has 0 fully saturated rings. The number of nitrogens with zero attached hydrogens (tertiary/aromatic N) is 4. The molecule has 172 valence electrons. The van der Waals surface area contributed by atoms with Crippen LogP contribution in [0.25, 0.3) is 27.0 Å². The van der Waals surface area contributed by atoms with Crippen LogP contribution in [0.1, 0.15) is 20.0 Å². The Morgan fingerprint density at radius 3 is 2.88 bits per heavy atom. The second-order valence-corrected chi connectivity index (χ2v) is 8.01. The van der Waals surface area contributed by atoms with Gasteiger partial charge in [0.2, 0.25) is 0 Å². The second-order valence-electron chi connectivity index (χ2n) is 6.93. The van der Waals surface area contributed by atoms with Crippen LogP contribution in [-0.4, -0.2) is 50.4 Å². The number of thiophene rings is 1. The number of aromatic amines is 1. The molecule has 34 heavy (non-hydrogen) atoms. The van der Waals surface area contributed by atoms with Crippen molar-refractivity contribution in [3.63, 3.8) is 0 Å². The normalized spacial score (nSPS) is 11.3. The Balaban J connectivity index is 1.55. The number of carbonyl (C=O) groups is 2. The van der Waals surface area contributed by atoms with E-state index in [1.54, 1.807) is 18.3 Å². The second kappa shape index (κ2) is 8.51. The third-order valence-electron chi connectivity index (χ3n) is 4.90. The van der Waals surface area contributed by atoms with E-state index in [1.165, 1.54) is 42.3 Å². The van der Waals surface area contributed by atoms with Gasteiger partial charge < -0.3 is 14.8 Å². The minimum absolute atomic E-state index is 0.158. The molecular formula is C21H14F2N6O4S. The number of alkyl halides is 2. The van der Waals surface area contributed by atoms with E-state index < -0.39 is 18.5 Å². The number of ether oxygens (including phenoxy) is 2. The average Bonchev–Trinajstić information content (AvgIpc) is 3.55. The molecule has 4 heterocycles. The maximum absolute atomic E-state index is 13.2. The summed E-state index contributed by atoms with van der Waals surface area (Å²) in [5.74, 6) is -1.22. The van der Waals surface area contributed by atoms with Gasteiger partial charge in [-0.3, -0.25) is 9.89 Å². The molecule has 0 aliphatic heterocycles. The molecule has 0 spiro atoms. The van der Waals surface area contributed by atoms with Crippen molar-refractivity contribution in [3.8, 4) is 17.0 Å². The number of hydrogen-bond donors (Lipinski definition) is 2. The lowest BCUT2D eigenvalue weighted by Gasteiger charge is -2.12. The highest BCUT2D eigenvalue weighted by molar-refractivity contribution is 7.20. The number of methoxy groups -OCH3 is 1. The van der Waals surface area contributed by atoms with Crippen LogP contribution in [0, 0.1) is 0 Å². The standard InChI is InChI=1S/C21H14F2N6O4S/c1-32-20(31)16-6-10-5-14(33-21(22)23)11(7-15(10)34-16)17-13(9-25-28-17)27-19(30)12-8-26-29-4-2-3-24-18(12)29/h2-9,21H,1H3,(H,25,28)(H,27,30). The van der Waals surface area contributed by atoms with Gasteiger partial charge in [0.05, 0.1) is 30.9 Å². The van der Waals surface area contributed by atoms with Gasteiger partial charge in [0, 0.05) is 22.7 Å². The molecule has 2 N–H and O–H groups in total. The Kier molecular flexibility index (Phi) is 5.37. The van der Waals surface area contributed by atoms with E-state index in [4.69, 9.17) is 9.47 Å². The van der Waals surface area contributed by atoms with Gasteiger partial charge in [-0.1, -0.05) is 0 Å². The summed E-state index contributed by atoms with van der Waals surface area (Å²) in [6, 6.07) is 6.17. The van der Waals surface area contributed by atoms with Gasteiger partial charge in [0.25, 0.3) is 5.91 Å². The van der Waals surface area contributed by atoms with Crippen LogP contribution in [0.4, 0.5) is 14.5 Å². The van der Waals surface area contributed by atoms with Crippen molar-refractivity contribution < 1.29 is 27.8 Å². The summed E-state index contributed by atoms with van der Waals surface area (Å²) in [5.41, 5.74) is 1.25. The molecule has 0 aliphatic rings. The molecule has 0 unspecified atom stereocenters. The van der Waals surface area contributed by atoms with E-state index >= 15 is 0 Å². The van der Waals surface area contributed by atoms with Crippen molar-refractivity contribution >= 4 is 44.6 Å². The Bertz CT molecular complexity index is 1540. The van der Waals surface area contributed by atoms with Crippen LogP contribution >= 0.6 is 11.3 Å². The number of carbonyl (C=O) groups excluding carboxylic acids is 2. The van der Waals surface area contributed by atoms with Crippen molar-refractivity contribution in [1.82, 2.24) is 24.8 Å². The average molecular weight is 484 g/mol. The Morgan fingerprint density at radius 1 is 1.24 bits per heavy atom. The van der Waals surface area contributed by atoms with Crippen molar-refractivity contribution in [3.05, 3.63) is 59.5 Å². The van der Waals surface area contributed by atoms with Crippen LogP contribution in [0.3, 0.4) is 0 Å². The first-order valence-corrected chi connectivity index (χ1v) is 10.5. The van der Waals surface area contributed by atoms with E-state index in [2.05, 4.69) is 25.6 Å². The van der Waals surface area contributed by atoms with Crippen LogP contribution in [0.15, 0.2) is 49.1 Å². The molecule has 1 amide bonds. The zero-order valence-corrected chi connectivity index (χ0v) is 18.1. The molecule has 5 aromatic rings. The molecule has 5 rings (SSSR count). The first-order chi connectivity index (χ1) is 16.4. The molecule has 0 saturated heterocycles. The zero-order valence-electron chi connectivity index (χ0n) is 17.3. The third kappa shape index (κ3) is 3.81. The quantitative estimate of drug-likeness (QED) is 0.350. The SMILES string of the molecule is COC(=O)c1cc2cc(OC(F)F)c(-c3[nH]ncc3NC(=O)c3cnn4cccnc34)cc2s1. The van der Waals surface area contributed by atoms with Crippen molar-refractivity contribution in [1.29, 1.82) is 0 Å². The summed E-state index contributed by atoms with van der Waals surface area (Å²) in [6.45, 7) is -3.10. The van der Waals surface area contributed by atoms with Gasteiger partial charge >= 0.3 is 12.6 Å². The van der Waals surface area contributed by atoms with Gasteiger partial charge in [-0.15, -0.1) is 11.3 Å². The van der Waals surface area contributed by atoms with Gasteiger partial charge in [-0.05, 0) is 29.7 Å². The first-order valence-electron chi connectivity index (χ1n) is 9.68. The maximum atomic E-state index is 13.2. The summed E-state index contributed by atoms with van der Waals surface area (Å²) in [4.78, 5) is 29.3. The van der Waals surface area contributed by atoms with Crippen molar-refractivity contribution in [2.24, 2.45) is 0 Å². The molecule has 0 aliphatic carbocycles. The highest BCUT2D eigenvalue weighted by atomic mass is 32.1. The summed E-state index contributed by atoms with van der Waals surface area (Å²) >= 11 is 1.13. The lowest BCUT2D eigenvalue weighted by Crippen LogP contribution is -2.12. The van der Waals surface area contributed by atoms with E-state index in [0.29, 0.717) is 20.6 Å². The number of halogens is 2. The van der Waals surface area contributed by atoms with Crippen LogP contribution in [0.2, 0.25) is 0 Å². The van der Waals surface area contributed by atoms with Crippen molar-refractivity contribution in [2.45, 2.75) is 6.61 Å². The molecule has 13 heteroatoms. The predicted octanol–water partition coefficient (Wildman–Crippen LogP) is 3.97. The van der Waals surface area contributed by atoms with Crippen LogP contribution < -0.4 is 10.1 Å². The Labute approximate surface area is 193 Å². The zero-order chi connectivity index (χ0) is 23.8. The smallest absolute Gasteiger partial charge is 0.387 e. The first kappa shape index (κ1) is 21.5. The number of aromatic nitrogens is 5. The molecule has 10 nitrogen and oxygen atoms in total. The fourth-order valence-corrected chi connectivity index (χ4v) is 4.42. The van der Waals surface area contributed by atoms with Gasteiger partial charge in [0.15, 0.2) is 5.65 Å². The van der Waals surface area contributed by atoms with Gasteiger partial charge in [0.1, 0.15) is 16.2 Å². The number of benzene rings is 1. The highest BCUT2D eigenvalue weighted by Crippen LogP contribution is 2.40. The number of nitrogens with one attached hydrogen (secondary N) is 2. The molecular weight excluding hydrogens is 470 g/mol. The Hall–Kier alpha value is -4.39. The molecule has 1 aromatic carbocycles. The van der Waals surface area contributed by atoms with Crippen LogP contribution in [0.5, 0.6) is 5.75 Å². The van der Waals surface area contributed by atoms with E-state index in [-0.39, 0.29) is 28.3 Å². The predicted molar refractivity (Wildman–Crippen MR) is 118 cm³/mol. The lowest BCUT2D eigenvalue weighted by molar-refractivity contribution is -0.0493. The molecule has 4 aromatic heterocycles. The van der Waals surface area contributed by atoms with Gasteiger partial charge in [-0.25, -0.2) is 14.3 Å². The number of rotatable bonds is 6. The summed E-state index contributed by atoms with van der Waals surface area (Å²) in [7, 11) is 1.25. The lowest BCUT2D eigenvalue weighted by atomic mass is 10.1. The van der Waals surface area contributed by atoms with Gasteiger partial charge in [-0.2, -0.15) is 19.0 Å². The molecule has 0 atom stereocenters. The number of anilines is 1. The number of hydrogen-bond acceptors (Lipinski definition) is 8. The monoisotopic (exact) mass is 484 g/mol. The number of H-pyrrole nitrogens is 1. The maximum Gasteiger partial charge on any atom is 0.387 e. The number of amides is 1. The van der Waals surface area contributed by atoms with Crippen molar-refractivity contribution in [2.75, 3.05) is 12.4 Å². The largest absolute Gasteiger partial charge is 0.465 e. The fourth-order valence-electron chi connectivity index (χ4n) is 3.42. The van der Waals surface area contributed by atoms with E-state index in [0.717, 1.165) is 11.3 Å². The van der Waals surface area contributed by atoms with Crippen LogP contribution in [-0.2, 0) is 4.74 Å². The van der Waals surface area contributed by atoms with E-state index in [9.17, 15) is 18.4 Å². The Morgan fingerprint density at radius 2 is 2.09 bits per heavy atom. The topological polar surface area (TPSA) is 124 Å². The number of fused-ring (bicyclic) bond motifs is 2. The molecule has 0 bridgehead atoms. The minimum Gasteiger partial charge on any atom is -0.465 e. The molecule has 0 saturated carbocycles.